The van der Waals surface area contributed by atoms with Crippen molar-refractivity contribution in [2.45, 2.75) is 20.4 Å². The number of carbonyl (C=O) groups is 1. The zero-order valence-electron chi connectivity index (χ0n) is 19.8. The number of hydrogen-bond donors (Lipinski definition) is 2. The molecule has 2 aromatic heterocycles. The van der Waals surface area contributed by atoms with Gasteiger partial charge < -0.3 is 15.0 Å². The van der Waals surface area contributed by atoms with Gasteiger partial charge in [-0.15, -0.1) is 0 Å². The van der Waals surface area contributed by atoms with Crippen LogP contribution in [0.3, 0.4) is 0 Å². The number of fused-ring (bicyclic) bond motifs is 2. The molecule has 6 heteroatoms. The number of rotatable bonds is 5. The van der Waals surface area contributed by atoms with Crippen LogP contribution in [0, 0.1) is 13.8 Å². The molecular weight excluding hydrogens is 438 g/mol. The molecule has 0 atom stereocenters. The number of benzene rings is 3. The van der Waals surface area contributed by atoms with Gasteiger partial charge in [0, 0.05) is 23.1 Å². The maximum atomic E-state index is 13.3. The number of nitrogens with zero attached hydrogens (tertiary/aromatic N) is 1. The summed E-state index contributed by atoms with van der Waals surface area (Å²) in [6.45, 7) is 4.12. The number of nitrogens with one attached hydrogen (secondary N) is 2. The molecule has 5 rings (SSSR count). The first-order valence-electron chi connectivity index (χ1n) is 11.4. The average Bonchev–Trinajstić information content (AvgIpc) is 2.89. The van der Waals surface area contributed by atoms with Crippen molar-refractivity contribution in [3.05, 3.63) is 105 Å². The van der Waals surface area contributed by atoms with Crippen LogP contribution in [0.4, 0.5) is 0 Å². The quantitative estimate of drug-likeness (QED) is 0.371. The lowest BCUT2D eigenvalue weighted by Gasteiger charge is -2.12. The van der Waals surface area contributed by atoms with Crippen molar-refractivity contribution in [3.63, 3.8) is 0 Å². The Kier molecular flexibility index (Phi) is 5.79. The van der Waals surface area contributed by atoms with E-state index in [4.69, 9.17) is 9.72 Å². The molecular formula is C29H25N3O3. The molecule has 0 saturated carbocycles. The summed E-state index contributed by atoms with van der Waals surface area (Å²) in [5.74, 6) is 0.483. The number of hydrogen-bond acceptors (Lipinski definition) is 4. The Balaban J connectivity index is 1.48. The molecule has 0 saturated heterocycles. The largest absolute Gasteiger partial charge is 0.497 e. The molecule has 6 nitrogen and oxygen atoms in total. The second-order valence-corrected chi connectivity index (χ2v) is 8.58. The monoisotopic (exact) mass is 463 g/mol. The van der Waals surface area contributed by atoms with Crippen LogP contribution in [0.2, 0.25) is 0 Å². The minimum atomic E-state index is -0.266. The van der Waals surface area contributed by atoms with E-state index in [0.29, 0.717) is 16.8 Å². The summed E-state index contributed by atoms with van der Waals surface area (Å²) >= 11 is 0. The molecule has 3 aromatic carbocycles. The van der Waals surface area contributed by atoms with Crippen LogP contribution in [0.1, 0.15) is 27.0 Å². The predicted molar refractivity (Wildman–Crippen MR) is 139 cm³/mol. The molecule has 0 aliphatic carbocycles. The highest BCUT2D eigenvalue weighted by Crippen LogP contribution is 2.26. The third-order valence-corrected chi connectivity index (χ3v) is 6.41. The topological polar surface area (TPSA) is 84.1 Å². The number of methoxy groups -OCH3 is 1. The predicted octanol–water partition coefficient (Wildman–Crippen LogP) is 5.30. The SMILES string of the molecule is COc1ccc(-c2cc(C(=O)NCc3cc4ccc(C)c(C)c4[nH]c3=O)c3ccccc3n2)cc1. The highest BCUT2D eigenvalue weighted by Gasteiger charge is 2.15. The summed E-state index contributed by atoms with van der Waals surface area (Å²) in [4.78, 5) is 33.8. The molecule has 35 heavy (non-hydrogen) atoms. The van der Waals surface area contributed by atoms with Gasteiger partial charge in [0.1, 0.15) is 5.75 Å². The van der Waals surface area contributed by atoms with E-state index in [1.54, 1.807) is 13.2 Å². The van der Waals surface area contributed by atoms with Gasteiger partial charge in [0.05, 0.1) is 29.4 Å². The normalized spacial score (nSPS) is 11.1. The molecule has 0 fully saturated rings. The first-order chi connectivity index (χ1) is 16.9. The number of ether oxygens (including phenoxy) is 1. The second kappa shape index (κ2) is 9.06. The minimum absolute atomic E-state index is 0.117. The zero-order chi connectivity index (χ0) is 24.5. The van der Waals surface area contributed by atoms with Gasteiger partial charge in [-0.05, 0) is 72.8 Å². The molecule has 5 aromatic rings. The van der Waals surface area contributed by atoms with Crippen LogP contribution in [0.5, 0.6) is 5.75 Å². The van der Waals surface area contributed by atoms with E-state index in [1.165, 1.54) is 0 Å². The number of aromatic amines is 1. The van der Waals surface area contributed by atoms with Gasteiger partial charge in [-0.25, -0.2) is 4.98 Å². The van der Waals surface area contributed by atoms with E-state index >= 15 is 0 Å². The lowest BCUT2D eigenvalue weighted by atomic mass is 10.0. The third-order valence-electron chi connectivity index (χ3n) is 6.41. The van der Waals surface area contributed by atoms with Crippen molar-refractivity contribution in [2.75, 3.05) is 7.11 Å². The van der Waals surface area contributed by atoms with Crippen molar-refractivity contribution in [2.24, 2.45) is 0 Å². The Morgan fingerprint density at radius 3 is 2.54 bits per heavy atom. The van der Waals surface area contributed by atoms with Crippen LogP contribution >= 0.6 is 0 Å². The van der Waals surface area contributed by atoms with Gasteiger partial charge in [-0.3, -0.25) is 9.59 Å². The van der Waals surface area contributed by atoms with E-state index in [-0.39, 0.29) is 18.0 Å². The van der Waals surface area contributed by atoms with Gasteiger partial charge in [0.25, 0.3) is 11.5 Å². The number of carbonyl (C=O) groups excluding carboxylic acids is 1. The fourth-order valence-corrected chi connectivity index (χ4v) is 4.25. The van der Waals surface area contributed by atoms with E-state index in [0.717, 1.165) is 44.2 Å². The molecule has 2 N–H and O–H groups in total. The van der Waals surface area contributed by atoms with Gasteiger partial charge in [0.15, 0.2) is 0 Å². The van der Waals surface area contributed by atoms with E-state index < -0.39 is 0 Å². The highest BCUT2D eigenvalue weighted by atomic mass is 16.5. The Morgan fingerprint density at radius 2 is 1.77 bits per heavy atom. The van der Waals surface area contributed by atoms with Gasteiger partial charge >= 0.3 is 0 Å². The second-order valence-electron chi connectivity index (χ2n) is 8.58. The van der Waals surface area contributed by atoms with Crippen molar-refractivity contribution < 1.29 is 9.53 Å². The third kappa shape index (κ3) is 4.26. The number of amides is 1. The van der Waals surface area contributed by atoms with Crippen LogP contribution in [-0.4, -0.2) is 23.0 Å². The van der Waals surface area contributed by atoms with Gasteiger partial charge in [0.2, 0.25) is 0 Å². The summed E-state index contributed by atoms with van der Waals surface area (Å²) in [5, 5.41) is 4.62. The maximum Gasteiger partial charge on any atom is 0.253 e. The Labute approximate surface area is 202 Å². The molecule has 0 aliphatic rings. The van der Waals surface area contributed by atoms with Crippen LogP contribution in [-0.2, 0) is 6.54 Å². The Morgan fingerprint density at radius 1 is 1.00 bits per heavy atom. The zero-order valence-corrected chi connectivity index (χ0v) is 19.8. The van der Waals surface area contributed by atoms with E-state index in [1.807, 2.05) is 80.6 Å². The van der Waals surface area contributed by atoms with Crippen molar-refractivity contribution in [1.82, 2.24) is 15.3 Å². The van der Waals surface area contributed by atoms with Crippen LogP contribution < -0.4 is 15.6 Å². The molecule has 0 unspecified atom stereocenters. The summed E-state index contributed by atoms with van der Waals surface area (Å²) in [6, 6.07) is 22.7. The van der Waals surface area contributed by atoms with Gasteiger partial charge in [-0.1, -0.05) is 30.3 Å². The number of aryl methyl sites for hydroxylation is 2. The standard InChI is InChI=1S/C29H25N3O3/c1-17-8-9-20-14-21(28(33)32-27(20)18(17)2)16-30-29(34)24-15-26(19-10-12-22(35-3)13-11-19)31-25-7-5-4-6-23(24)25/h4-15H,16H2,1-3H3,(H,30,34)(H,32,33). The first-order valence-corrected chi connectivity index (χ1v) is 11.4. The van der Waals surface area contributed by atoms with Crippen molar-refractivity contribution >= 4 is 27.7 Å². The van der Waals surface area contributed by atoms with E-state index in [2.05, 4.69) is 10.3 Å². The lowest BCUT2D eigenvalue weighted by molar-refractivity contribution is 0.0952. The summed E-state index contributed by atoms with van der Waals surface area (Å²) < 4.78 is 5.25. The fraction of sp³-hybridized carbons (Fsp3) is 0.138. The Bertz CT molecular complexity index is 1640. The molecule has 1 amide bonds. The van der Waals surface area contributed by atoms with Gasteiger partial charge in [-0.2, -0.15) is 0 Å². The smallest absolute Gasteiger partial charge is 0.253 e. The summed E-state index contributed by atoms with van der Waals surface area (Å²) in [7, 11) is 1.62. The fourth-order valence-electron chi connectivity index (χ4n) is 4.25. The first kappa shape index (κ1) is 22.3. The summed E-state index contributed by atoms with van der Waals surface area (Å²) in [5.41, 5.74) is 6.08. The number of H-pyrrole nitrogens is 1. The molecule has 2 heterocycles. The number of aromatic nitrogens is 2. The molecule has 0 radical (unpaired) electrons. The highest BCUT2D eigenvalue weighted by molar-refractivity contribution is 6.07. The average molecular weight is 464 g/mol. The van der Waals surface area contributed by atoms with Crippen molar-refractivity contribution in [1.29, 1.82) is 0 Å². The minimum Gasteiger partial charge on any atom is -0.497 e. The van der Waals surface area contributed by atoms with E-state index in [9.17, 15) is 9.59 Å². The molecule has 174 valence electrons. The van der Waals surface area contributed by atoms with Crippen LogP contribution in [0.25, 0.3) is 33.1 Å². The molecule has 0 aliphatic heterocycles. The summed E-state index contributed by atoms with van der Waals surface area (Å²) in [6.07, 6.45) is 0. The van der Waals surface area contributed by atoms with Crippen molar-refractivity contribution in [3.8, 4) is 17.0 Å². The lowest BCUT2D eigenvalue weighted by Crippen LogP contribution is -2.27. The Hall–Kier alpha value is -4.45. The maximum absolute atomic E-state index is 13.3. The van der Waals surface area contributed by atoms with Crippen LogP contribution in [0.15, 0.2) is 77.6 Å². The molecule has 0 bridgehead atoms. The number of pyridine rings is 2. The molecule has 0 spiro atoms. The number of para-hydroxylation sites is 1.